The minimum absolute atomic E-state index is 0.00688. The number of rotatable bonds is 13. The topological polar surface area (TPSA) is 92.4 Å². The summed E-state index contributed by atoms with van der Waals surface area (Å²) >= 11 is 3.34. The van der Waals surface area contributed by atoms with Gasteiger partial charge in [0.15, 0.2) is 5.78 Å². The first kappa shape index (κ1) is 21.8. The molecular formula is C15H30N2O3S2. The molecular weight excluding hydrogens is 320 g/mol. The maximum Gasteiger partial charge on any atom is 0.321 e. The number of thioether (sulfide) groups is 2. The Balaban J connectivity index is 3.68. The Bertz CT molecular complexity index is 339. The summed E-state index contributed by atoms with van der Waals surface area (Å²) in [6, 6.07) is -0.698. The molecule has 22 heavy (non-hydrogen) atoms. The Kier molecular flexibility index (Phi) is 12.1. The van der Waals surface area contributed by atoms with Crippen LogP contribution in [0.15, 0.2) is 0 Å². The average Bonchev–Trinajstić information content (AvgIpc) is 2.43. The van der Waals surface area contributed by atoms with Gasteiger partial charge in [0.1, 0.15) is 6.04 Å². The van der Waals surface area contributed by atoms with Crippen molar-refractivity contribution in [3.8, 4) is 0 Å². The highest BCUT2D eigenvalue weighted by atomic mass is 32.2. The van der Waals surface area contributed by atoms with Gasteiger partial charge in [0.05, 0.1) is 6.04 Å². The highest BCUT2D eigenvalue weighted by Crippen LogP contribution is 2.12. The summed E-state index contributed by atoms with van der Waals surface area (Å²) in [5.41, 5.74) is 5.83. The lowest BCUT2D eigenvalue weighted by Crippen LogP contribution is -2.42. The predicted octanol–water partition coefficient (Wildman–Crippen LogP) is 1.85. The van der Waals surface area contributed by atoms with Crippen LogP contribution in [0.25, 0.3) is 0 Å². The van der Waals surface area contributed by atoms with Gasteiger partial charge in [-0.25, -0.2) is 0 Å². The number of carbonyl (C=O) groups excluding carboxylic acids is 1. The summed E-state index contributed by atoms with van der Waals surface area (Å²) in [4.78, 5) is 22.7. The van der Waals surface area contributed by atoms with Crippen molar-refractivity contribution in [2.24, 2.45) is 11.7 Å². The molecule has 0 radical (unpaired) electrons. The molecule has 7 heteroatoms. The van der Waals surface area contributed by atoms with Gasteiger partial charge < -0.3 is 16.2 Å². The van der Waals surface area contributed by atoms with Crippen LogP contribution in [0.2, 0.25) is 0 Å². The number of ketones is 1. The standard InChI is InChI=1S/C15H30N2O3S2/c1-10(2)14(18)12(16)8-21-6-5-7-22-9-13(15(19)20)17-11(3)4/h10-13,17H,5-9,16H2,1-4H3,(H,19,20). The summed E-state index contributed by atoms with van der Waals surface area (Å²) in [6.45, 7) is 7.62. The minimum atomic E-state index is -0.797. The SMILES string of the molecule is CC(C)NC(CSCCCSCC(N)C(=O)C(C)C)C(=O)O. The number of hydrogen-bond donors (Lipinski definition) is 3. The van der Waals surface area contributed by atoms with Crippen molar-refractivity contribution in [2.75, 3.05) is 23.0 Å². The fourth-order valence-corrected chi connectivity index (χ4v) is 3.88. The molecule has 0 aromatic carbocycles. The fraction of sp³-hybridized carbons (Fsp3) is 0.867. The van der Waals surface area contributed by atoms with Gasteiger partial charge in [-0.05, 0) is 17.9 Å². The number of Topliss-reactive ketones (excluding diaryl/α,β-unsaturated/α-hetero) is 1. The Labute approximate surface area is 142 Å². The van der Waals surface area contributed by atoms with Crippen LogP contribution in [0.4, 0.5) is 0 Å². The number of nitrogens with one attached hydrogen (secondary N) is 1. The van der Waals surface area contributed by atoms with Crippen molar-refractivity contribution in [1.82, 2.24) is 5.32 Å². The van der Waals surface area contributed by atoms with Crippen LogP contribution < -0.4 is 11.1 Å². The third-order valence-corrected chi connectivity index (χ3v) is 5.24. The molecule has 0 amide bonds. The summed E-state index contributed by atoms with van der Waals surface area (Å²) < 4.78 is 0. The molecule has 0 bridgehead atoms. The maximum absolute atomic E-state index is 11.6. The van der Waals surface area contributed by atoms with Crippen molar-refractivity contribution in [3.05, 3.63) is 0 Å². The predicted molar refractivity (Wildman–Crippen MR) is 96.8 cm³/mol. The van der Waals surface area contributed by atoms with E-state index in [1.54, 1.807) is 23.5 Å². The molecule has 2 unspecified atom stereocenters. The van der Waals surface area contributed by atoms with E-state index in [4.69, 9.17) is 10.8 Å². The van der Waals surface area contributed by atoms with Crippen LogP contribution in [0, 0.1) is 5.92 Å². The monoisotopic (exact) mass is 350 g/mol. The molecule has 2 atom stereocenters. The van der Waals surface area contributed by atoms with E-state index in [9.17, 15) is 9.59 Å². The molecule has 0 aliphatic carbocycles. The first-order valence-corrected chi connectivity index (χ1v) is 10.00. The number of nitrogens with two attached hydrogens (primary N) is 1. The van der Waals surface area contributed by atoms with Gasteiger partial charge in [0, 0.05) is 23.5 Å². The highest BCUT2D eigenvalue weighted by Gasteiger charge is 2.18. The van der Waals surface area contributed by atoms with E-state index in [1.165, 1.54) is 0 Å². The molecule has 0 rings (SSSR count). The fourth-order valence-electron chi connectivity index (χ4n) is 1.78. The molecule has 0 aliphatic heterocycles. The average molecular weight is 351 g/mol. The third-order valence-electron chi connectivity index (χ3n) is 2.93. The minimum Gasteiger partial charge on any atom is -0.480 e. The Morgan fingerprint density at radius 3 is 2.09 bits per heavy atom. The van der Waals surface area contributed by atoms with Gasteiger partial charge in [-0.2, -0.15) is 23.5 Å². The molecule has 0 saturated carbocycles. The quantitative estimate of drug-likeness (QED) is 0.437. The van der Waals surface area contributed by atoms with E-state index in [1.807, 2.05) is 27.7 Å². The normalized spacial score (nSPS) is 14.3. The largest absolute Gasteiger partial charge is 0.480 e. The molecule has 0 heterocycles. The molecule has 0 spiro atoms. The van der Waals surface area contributed by atoms with E-state index in [0.717, 1.165) is 17.9 Å². The number of carboxylic acid groups (broad SMARTS) is 1. The maximum atomic E-state index is 11.6. The molecule has 0 aromatic heterocycles. The van der Waals surface area contributed by atoms with Crippen LogP contribution in [0.3, 0.4) is 0 Å². The zero-order valence-corrected chi connectivity index (χ0v) is 15.6. The van der Waals surface area contributed by atoms with Crippen molar-refractivity contribution in [2.45, 2.75) is 52.2 Å². The second-order valence-corrected chi connectivity index (χ2v) is 8.18. The number of aliphatic carboxylic acids is 1. The zero-order valence-electron chi connectivity index (χ0n) is 14.0. The first-order chi connectivity index (χ1) is 10.3. The number of hydrogen-bond acceptors (Lipinski definition) is 6. The van der Waals surface area contributed by atoms with Crippen molar-refractivity contribution in [3.63, 3.8) is 0 Å². The van der Waals surface area contributed by atoms with Gasteiger partial charge in [-0.1, -0.05) is 27.7 Å². The number of carboxylic acids is 1. The summed E-state index contributed by atoms with van der Waals surface area (Å²) in [5.74, 6) is 2.41. The van der Waals surface area contributed by atoms with Gasteiger partial charge in [-0.15, -0.1) is 0 Å². The van der Waals surface area contributed by atoms with E-state index >= 15 is 0 Å². The highest BCUT2D eigenvalue weighted by molar-refractivity contribution is 8.00. The van der Waals surface area contributed by atoms with Crippen molar-refractivity contribution >= 4 is 35.3 Å². The van der Waals surface area contributed by atoms with E-state index in [0.29, 0.717) is 11.5 Å². The lowest BCUT2D eigenvalue weighted by molar-refractivity contribution is -0.139. The van der Waals surface area contributed by atoms with Crippen LogP contribution >= 0.6 is 23.5 Å². The molecule has 0 aromatic rings. The molecule has 4 N–H and O–H groups in total. The van der Waals surface area contributed by atoms with Crippen molar-refractivity contribution < 1.29 is 14.7 Å². The number of carbonyl (C=O) groups is 2. The first-order valence-electron chi connectivity index (χ1n) is 7.69. The van der Waals surface area contributed by atoms with E-state index in [2.05, 4.69) is 5.32 Å². The second kappa shape index (κ2) is 12.2. The summed E-state index contributed by atoms with van der Waals surface area (Å²) in [5, 5.41) is 12.1. The van der Waals surface area contributed by atoms with Crippen LogP contribution in [0.5, 0.6) is 0 Å². The Morgan fingerprint density at radius 1 is 1.09 bits per heavy atom. The molecule has 0 saturated heterocycles. The molecule has 5 nitrogen and oxygen atoms in total. The summed E-state index contributed by atoms with van der Waals surface area (Å²) in [7, 11) is 0. The molecule has 0 aliphatic rings. The zero-order chi connectivity index (χ0) is 17.1. The van der Waals surface area contributed by atoms with Gasteiger partial charge in [0.25, 0.3) is 0 Å². The molecule has 130 valence electrons. The smallest absolute Gasteiger partial charge is 0.321 e. The lowest BCUT2D eigenvalue weighted by atomic mass is 10.0. The van der Waals surface area contributed by atoms with Crippen LogP contribution in [-0.2, 0) is 9.59 Å². The van der Waals surface area contributed by atoms with Crippen LogP contribution in [0.1, 0.15) is 34.1 Å². The van der Waals surface area contributed by atoms with E-state index in [-0.39, 0.29) is 23.8 Å². The van der Waals surface area contributed by atoms with E-state index < -0.39 is 12.0 Å². The Hall–Kier alpha value is -0.240. The third kappa shape index (κ3) is 10.5. The van der Waals surface area contributed by atoms with Gasteiger partial charge >= 0.3 is 5.97 Å². The lowest BCUT2D eigenvalue weighted by Gasteiger charge is -2.16. The van der Waals surface area contributed by atoms with Crippen LogP contribution in [-0.4, -0.2) is 58.0 Å². The van der Waals surface area contributed by atoms with Gasteiger partial charge in [0.2, 0.25) is 0 Å². The van der Waals surface area contributed by atoms with Gasteiger partial charge in [-0.3, -0.25) is 9.59 Å². The summed E-state index contributed by atoms with van der Waals surface area (Å²) in [6.07, 6.45) is 0.992. The van der Waals surface area contributed by atoms with Crippen molar-refractivity contribution in [1.29, 1.82) is 0 Å². The molecule has 0 fully saturated rings. The second-order valence-electron chi connectivity index (χ2n) is 5.88. The Morgan fingerprint density at radius 2 is 1.64 bits per heavy atom.